The third-order valence-corrected chi connectivity index (χ3v) is 3.86. The maximum Gasteiger partial charge on any atom is 0.293 e. The first-order valence-corrected chi connectivity index (χ1v) is 7.84. The Labute approximate surface area is 123 Å². The number of nitro groups is 1. The SMILES string of the molecule is COCCC(C)CNc1ccc(S(N)(=O)=O)cc1[N+](=O)[O-]. The topological polar surface area (TPSA) is 125 Å². The predicted molar refractivity (Wildman–Crippen MR) is 78.6 cm³/mol. The van der Waals surface area contributed by atoms with Gasteiger partial charge in [0, 0.05) is 26.3 Å². The van der Waals surface area contributed by atoms with E-state index in [0.717, 1.165) is 12.5 Å². The van der Waals surface area contributed by atoms with Crippen molar-refractivity contribution < 1.29 is 18.1 Å². The van der Waals surface area contributed by atoms with E-state index in [0.29, 0.717) is 13.2 Å². The number of nitro benzene ring substituents is 1. The van der Waals surface area contributed by atoms with Crippen molar-refractivity contribution in [1.82, 2.24) is 0 Å². The van der Waals surface area contributed by atoms with E-state index < -0.39 is 14.9 Å². The number of primary sulfonamides is 1. The van der Waals surface area contributed by atoms with Gasteiger partial charge in [0.05, 0.1) is 9.82 Å². The van der Waals surface area contributed by atoms with E-state index in [2.05, 4.69) is 5.32 Å². The summed E-state index contributed by atoms with van der Waals surface area (Å²) in [5.74, 6) is 0.252. The van der Waals surface area contributed by atoms with Gasteiger partial charge in [-0.15, -0.1) is 0 Å². The van der Waals surface area contributed by atoms with Gasteiger partial charge in [0.25, 0.3) is 5.69 Å². The van der Waals surface area contributed by atoms with E-state index in [4.69, 9.17) is 9.88 Å². The molecule has 1 unspecified atom stereocenters. The van der Waals surface area contributed by atoms with E-state index >= 15 is 0 Å². The van der Waals surface area contributed by atoms with Crippen LogP contribution < -0.4 is 10.5 Å². The fraction of sp³-hybridized carbons (Fsp3) is 0.500. The number of hydrogen-bond donors (Lipinski definition) is 2. The van der Waals surface area contributed by atoms with Crippen molar-refractivity contribution in [1.29, 1.82) is 0 Å². The fourth-order valence-electron chi connectivity index (χ4n) is 1.69. The largest absolute Gasteiger partial charge is 0.385 e. The zero-order valence-corrected chi connectivity index (χ0v) is 12.7. The summed E-state index contributed by atoms with van der Waals surface area (Å²) in [6.45, 7) is 3.10. The van der Waals surface area contributed by atoms with Crippen LogP contribution in [-0.2, 0) is 14.8 Å². The molecule has 0 fully saturated rings. The van der Waals surface area contributed by atoms with E-state index in [9.17, 15) is 18.5 Å². The number of ether oxygens (including phenoxy) is 1. The normalized spacial score (nSPS) is 12.9. The van der Waals surface area contributed by atoms with Gasteiger partial charge >= 0.3 is 0 Å². The molecular formula is C12H19N3O5S. The summed E-state index contributed by atoms with van der Waals surface area (Å²) >= 11 is 0. The highest BCUT2D eigenvalue weighted by Crippen LogP contribution is 2.27. The number of benzene rings is 1. The zero-order chi connectivity index (χ0) is 16.0. The highest BCUT2D eigenvalue weighted by Gasteiger charge is 2.19. The average molecular weight is 317 g/mol. The van der Waals surface area contributed by atoms with Gasteiger partial charge in [0.2, 0.25) is 10.0 Å². The van der Waals surface area contributed by atoms with Crippen LogP contribution in [0.2, 0.25) is 0 Å². The summed E-state index contributed by atoms with van der Waals surface area (Å²) in [5, 5.41) is 18.9. The lowest BCUT2D eigenvalue weighted by atomic mass is 10.1. The Balaban J connectivity index is 2.90. The summed E-state index contributed by atoms with van der Waals surface area (Å²) in [6, 6.07) is 3.54. The maximum atomic E-state index is 11.2. The monoisotopic (exact) mass is 317 g/mol. The standard InChI is InChI=1S/C12H19N3O5S/c1-9(5-6-20-2)8-14-11-4-3-10(21(13,18)19)7-12(11)15(16)17/h3-4,7,9,14H,5-6,8H2,1-2H3,(H2,13,18,19). The molecule has 8 nitrogen and oxygen atoms in total. The van der Waals surface area contributed by atoms with E-state index in [1.807, 2.05) is 6.92 Å². The van der Waals surface area contributed by atoms with Crippen LogP contribution >= 0.6 is 0 Å². The third kappa shape index (κ3) is 5.29. The first-order valence-electron chi connectivity index (χ1n) is 6.29. The molecule has 21 heavy (non-hydrogen) atoms. The number of hydrogen-bond acceptors (Lipinski definition) is 6. The molecule has 0 amide bonds. The molecule has 1 aromatic carbocycles. The van der Waals surface area contributed by atoms with Gasteiger partial charge in [0.1, 0.15) is 5.69 Å². The predicted octanol–water partition coefficient (Wildman–Crippen LogP) is 1.33. The van der Waals surface area contributed by atoms with Crippen LogP contribution in [0.1, 0.15) is 13.3 Å². The Bertz CT molecular complexity index is 603. The molecule has 0 spiro atoms. The number of methoxy groups -OCH3 is 1. The molecule has 0 bridgehead atoms. The van der Waals surface area contributed by atoms with Crippen molar-refractivity contribution in [2.45, 2.75) is 18.2 Å². The Kier molecular flexibility index (Phi) is 6.06. The second-order valence-electron chi connectivity index (χ2n) is 4.75. The molecular weight excluding hydrogens is 298 g/mol. The smallest absolute Gasteiger partial charge is 0.293 e. The Morgan fingerprint density at radius 1 is 1.48 bits per heavy atom. The van der Waals surface area contributed by atoms with Crippen LogP contribution in [0, 0.1) is 16.0 Å². The highest BCUT2D eigenvalue weighted by molar-refractivity contribution is 7.89. The molecule has 118 valence electrons. The second-order valence-corrected chi connectivity index (χ2v) is 6.31. The summed E-state index contributed by atoms with van der Waals surface area (Å²) in [5.41, 5.74) is -0.0582. The van der Waals surface area contributed by atoms with Crippen molar-refractivity contribution >= 4 is 21.4 Å². The van der Waals surface area contributed by atoms with Gasteiger partial charge in [-0.2, -0.15) is 0 Å². The van der Waals surface area contributed by atoms with Gasteiger partial charge in [-0.1, -0.05) is 6.92 Å². The van der Waals surface area contributed by atoms with Crippen molar-refractivity contribution in [3.05, 3.63) is 28.3 Å². The second kappa shape index (κ2) is 7.34. The minimum atomic E-state index is -3.97. The number of sulfonamides is 1. The lowest BCUT2D eigenvalue weighted by Gasteiger charge is -2.13. The van der Waals surface area contributed by atoms with Crippen molar-refractivity contribution in [3.63, 3.8) is 0 Å². The average Bonchev–Trinajstić information content (AvgIpc) is 2.41. The number of rotatable bonds is 8. The molecule has 3 N–H and O–H groups in total. The molecule has 1 rings (SSSR count). The van der Waals surface area contributed by atoms with E-state index in [-0.39, 0.29) is 22.2 Å². The molecule has 0 saturated carbocycles. The van der Waals surface area contributed by atoms with Crippen molar-refractivity contribution in [2.24, 2.45) is 11.1 Å². The Hall–Kier alpha value is -1.71. The third-order valence-electron chi connectivity index (χ3n) is 2.95. The van der Waals surface area contributed by atoms with E-state index in [1.54, 1.807) is 7.11 Å². The van der Waals surface area contributed by atoms with Crippen LogP contribution in [0.4, 0.5) is 11.4 Å². The molecule has 0 saturated heterocycles. The summed E-state index contributed by atoms with van der Waals surface area (Å²) < 4.78 is 27.4. The molecule has 1 aromatic rings. The number of nitrogens with zero attached hydrogens (tertiary/aromatic N) is 1. The minimum Gasteiger partial charge on any atom is -0.385 e. The quantitative estimate of drug-likeness (QED) is 0.550. The molecule has 0 aliphatic heterocycles. The zero-order valence-electron chi connectivity index (χ0n) is 11.9. The van der Waals surface area contributed by atoms with Crippen LogP contribution in [0.3, 0.4) is 0 Å². The van der Waals surface area contributed by atoms with E-state index in [1.165, 1.54) is 12.1 Å². The van der Waals surface area contributed by atoms with Crippen LogP contribution in [0.15, 0.2) is 23.1 Å². The van der Waals surface area contributed by atoms with Gasteiger partial charge in [-0.3, -0.25) is 10.1 Å². The van der Waals surface area contributed by atoms with Crippen LogP contribution in [0.25, 0.3) is 0 Å². The molecule has 0 aliphatic carbocycles. The van der Waals surface area contributed by atoms with Crippen LogP contribution in [-0.4, -0.2) is 33.6 Å². The first-order chi connectivity index (χ1) is 9.75. The molecule has 1 atom stereocenters. The number of anilines is 1. The first kappa shape index (κ1) is 17.3. The van der Waals surface area contributed by atoms with Crippen LogP contribution in [0.5, 0.6) is 0 Å². The fourth-order valence-corrected chi connectivity index (χ4v) is 2.23. The minimum absolute atomic E-state index is 0.252. The molecule has 0 heterocycles. The summed E-state index contributed by atoms with van der Waals surface area (Å²) in [6.07, 6.45) is 0.812. The molecule has 9 heteroatoms. The maximum absolute atomic E-state index is 11.2. The molecule has 0 aliphatic rings. The van der Waals surface area contributed by atoms with Gasteiger partial charge in [0.15, 0.2) is 0 Å². The van der Waals surface area contributed by atoms with Gasteiger partial charge in [-0.25, -0.2) is 13.6 Å². The molecule has 0 radical (unpaired) electrons. The molecule has 0 aromatic heterocycles. The number of nitrogens with one attached hydrogen (secondary N) is 1. The lowest BCUT2D eigenvalue weighted by Crippen LogP contribution is -2.15. The van der Waals surface area contributed by atoms with Crippen molar-refractivity contribution in [3.8, 4) is 0 Å². The Morgan fingerprint density at radius 3 is 2.67 bits per heavy atom. The summed E-state index contributed by atoms with van der Waals surface area (Å²) in [7, 11) is -2.36. The lowest BCUT2D eigenvalue weighted by molar-refractivity contribution is -0.384. The highest BCUT2D eigenvalue weighted by atomic mass is 32.2. The van der Waals surface area contributed by atoms with Gasteiger partial charge in [-0.05, 0) is 24.5 Å². The summed E-state index contributed by atoms with van der Waals surface area (Å²) in [4.78, 5) is 10.1. The number of nitrogens with two attached hydrogens (primary N) is 1. The van der Waals surface area contributed by atoms with Crippen molar-refractivity contribution in [2.75, 3.05) is 25.6 Å². The Morgan fingerprint density at radius 2 is 2.14 bits per heavy atom. The van der Waals surface area contributed by atoms with Gasteiger partial charge < -0.3 is 10.1 Å².